The minimum atomic E-state index is 0.653. The highest BCUT2D eigenvalue weighted by Crippen LogP contribution is 2.24. The number of nitrogens with one attached hydrogen (secondary N) is 2. The van der Waals surface area contributed by atoms with Crippen molar-refractivity contribution in [3.8, 4) is 11.4 Å². The SMILES string of the molecule is CCCCc1ncc(/C=C(/Cc2cccs2)c2nnn[nH]2)n1Cc1ccc(-c2nnn[nH]2)cc1. The van der Waals surface area contributed by atoms with E-state index in [-0.39, 0.29) is 0 Å². The quantitative estimate of drug-likeness (QED) is 0.316. The number of rotatable bonds is 10. The first kappa shape index (κ1) is 21.8. The summed E-state index contributed by atoms with van der Waals surface area (Å²) in [5, 5.41) is 30.8. The predicted molar refractivity (Wildman–Crippen MR) is 130 cm³/mol. The third-order valence-electron chi connectivity index (χ3n) is 5.55. The molecule has 0 saturated carbocycles. The van der Waals surface area contributed by atoms with E-state index in [1.165, 1.54) is 10.4 Å². The number of benzene rings is 1. The summed E-state index contributed by atoms with van der Waals surface area (Å²) in [6.45, 7) is 2.90. The van der Waals surface area contributed by atoms with Crippen LogP contribution in [0, 0.1) is 0 Å². The van der Waals surface area contributed by atoms with Gasteiger partial charge in [0.1, 0.15) is 5.82 Å². The molecule has 0 atom stereocenters. The van der Waals surface area contributed by atoms with Gasteiger partial charge >= 0.3 is 0 Å². The van der Waals surface area contributed by atoms with Gasteiger partial charge in [0.15, 0.2) is 11.6 Å². The first-order chi connectivity index (χ1) is 16.8. The summed E-state index contributed by atoms with van der Waals surface area (Å²) in [5.41, 5.74) is 4.16. The lowest BCUT2D eigenvalue weighted by Crippen LogP contribution is -2.08. The van der Waals surface area contributed by atoms with E-state index in [1.54, 1.807) is 11.3 Å². The molecule has 5 aromatic rings. The van der Waals surface area contributed by atoms with Gasteiger partial charge < -0.3 is 4.57 Å². The predicted octanol–water partition coefficient (Wildman–Crippen LogP) is 3.81. The average Bonchev–Trinajstić information content (AvgIpc) is 3.68. The lowest BCUT2D eigenvalue weighted by Gasteiger charge is -2.12. The number of nitrogens with zero attached hydrogens (tertiary/aromatic N) is 8. The molecule has 0 unspecified atom stereocenters. The second-order valence-electron chi connectivity index (χ2n) is 7.91. The molecule has 0 radical (unpaired) electrons. The topological polar surface area (TPSA) is 127 Å². The van der Waals surface area contributed by atoms with Crippen LogP contribution in [0.4, 0.5) is 0 Å². The standard InChI is InChI=1S/C23H24N10S/c1-2-3-6-21-24-14-19(12-18(23-27-31-32-28-23)13-20-5-4-11-34-20)33(21)15-16-7-9-17(10-8-16)22-25-29-30-26-22/h4-5,7-12,14H,2-3,6,13,15H2,1H3,(H,25,26,29,30)(H,27,28,31,32)/b18-12-. The Labute approximate surface area is 200 Å². The van der Waals surface area contributed by atoms with Gasteiger partial charge in [-0.1, -0.05) is 43.7 Å². The molecule has 0 fully saturated rings. The van der Waals surface area contributed by atoms with E-state index in [0.717, 1.165) is 48.3 Å². The van der Waals surface area contributed by atoms with Gasteiger partial charge in [-0.3, -0.25) is 0 Å². The molecule has 172 valence electrons. The maximum Gasteiger partial charge on any atom is 0.179 e. The highest BCUT2D eigenvalue weighted by molar-refractivity contribution is 7.10. The fraction of sp³-hybridized carbons (Fsp3) is 0.261. The first-order valence-corrected chi connectivity index (χ1v) is 12.0. The van der Waals surface area contributed by atoms with Crippen molar-refractivity contribution in [3.63, 3.8) is 0 Å². The van der Waals surface area contributed by atoms with Crippen LogP contribution in [0.5, 0.6) is 0 Å². The van der Waals surface area contributed by atoms with Crippen molar-refractivity contribution in [2.24, 2.45) is 0 Å². The van der Waals surface area contributed by atoms with E-state index >= 15 is 0 Å². The molecule has 0 saturated heterocycles. The Morgan fingerprint density at radius 2 is 1.91 bits per heavy atom. The zero-order valence-electron chi connectivity index (χ0n) is 18.7. The minimum absolute atomic E-state index is 0.653. The molecule has 0 aliphatic carbocycles. The summed E-state index contributed by atoms with van der Waals surface area (Å²) in [7, 11) is 0. The molecule has 0 bridgehead atoms. The number of aromatic nitrogens is 10. The largest absolute Gasteiger partial charge is 0.324 e. The Bertz CT molecular complexity index is 1320. The molecule has 4 aromatic heterocycles. The van der Waals surface area contributed by atoms with E-state index in [9.17, 15) is 0 Å². The van der Waals surface area contributed by atoms with Gasteiger partial charge in [0.25, 0.3) is 0 Å². The van der Waals surface area contributed by atoms with Crippen molar-refractivity contribution in [1.82, 2.24) is 50.8 Å². The normalized spacial score (nSPS) is 11.9. The Balaban J connectivity index is 1.48. The van der Waals surface area contributed by atoms with E-state index in [0.29, 0.717) is 18.2 Å². The molecule has 10 nitrogen and oxygen atoms in total. The van der Waals surface area contributed by atoms with Crippen LogP contribution in [-0.2, 0) is 19.4 Å². The Morgan fingerprint density at radius 3 is 2.62 bits per heavy atom. The van der Waals surface area contributed by atoms with Crippen molar-refractivity contribution in [1.29, 1.82) is 0 Å². The maximum absolute atomic E-state index is 4.77. The molecule has 34 heavy (non-hydrogen) atoms. The summed E-state index contributed by atoms with van der Waals surface area (Å²) in [6.07, 6.45) is 7.95. The van der Waals surface area contributed by atoms with Crippen molar-refractivity contribution >= 4 is 23.0 Å². The van der Waals surface area contributed by atoms with Crippen LogP contribution in [-0.4, -0.2) is 50.8 Å². The number of hydrogen-bond acceptors (Lipinski definition) is 8. The summed E-state index contributed by atoms with van der Waals surface area (Å²) >= 11 is 1.72. The van der Waals surface area contributed by atoms with Gasteiger partial charge in [-0.15, -0.1) is 21.5 Å². The van der Waals surface area contributed by atoms with Crippen LogP contribution >= 0.6 is 11.3 Å². The molecule has 5 rings (SSSR count). The number of allylic oxidation sites excluding steroid dienone is 1. The second-order valence-corrected chi connectivity index (χ2v) is 8.94. The van der Waals surface area contributed by atoms with E-state index in [1.807, 2.05) is 18.3 Å². The van der Waals surface area contributed by atoms with Crippen LogP contribution in [0.25, 0.3) is 23.0 Å². The Hall–Kier alpha value is -3.99. The van der Waals surface area contributed by atoms with E-state index in [2.05, 4.69) is 88.5 Å². The van der Waals surface area contributed by atoms with Crippen molar-refractivity contribution in [3.05, 3.63) is 75.8 Å². The summed E-state index contributed by atoms with van der Waals surface area (Å²) in [5.74, 6) is 2.39. The van der Waals surface area contributed by atoms with Crippen LogP contribution in [0.1, 0.15) is 47.5 Å². The van der Waals surface area contributed by atoms with Gasteiger partial charge in [0.05, 0.1) is 11.9 Å². The van der Waals surface area contributed by atoms with Crippen molar-refractivity contribution in [2.75, 3.05) is 0 Å². The molecule has 0 spiro atoms. The lowest BCUT2D eigenvalue weighted by molar-refractivity contribution is 0.675. The highest BCUT2D eigenvalue weighted by Gasteiger charge is 2.14. The second kappa shape index (κ2) is 10.3. The Kier molecular flexibility index (Phi) is 6.61. The number of hydrogen-bond donors (Lipinski definition) is 2. The fourth-order valence-corrected chi connectivity index (χ4v) is 4.50. The van der Waals surface area contributed by atoms with Gasteiger partial charge in [-0.2, -0.15) is 0 Å². The average molecular weight is 473 g/mol. The van der Waals surface area contributed by atoms with Crippen LogP contribution < -0.4 is 0 Å². The highest BCUT2D eigenvalue weighted by atomic mass is 32.1. The number of aryl methyl sites for hydroxylation is 1. The molecular formula is C23H24N10S. The van der Waals surface area contributed by atoms with Gasteiger partial charge in [-0.25, -0.2) is 15.2 Å². The zero-order valence-corrected chi connectivity index (χ0v) is 19.5. The summed E-state index contributed by atoms with van der Waals surface area (Å²) < 4.78 is 2.28. The van der Waals surface area contributed by atoms with Gasteiger partial charge in [0.2, 0.25) is 0 Å². The van der Waals surface area contributed by atoms with Crippen LogP contribution in [0.3, 0.4) is 0 Å². The summed E-state index contributed by atoms with van der Waals surface area (Å²) in [4.78, 5) is 6.01. The molecule has 0 aliphatic rings. The number of unbranched alkanes of at least 4 members (excludes halogenated alkanes) is 1. The number of imidazole rings is 1. The van der Waals surface area contributed by atoms with Crippen molar-refractivity contribution < 1.29 is 0 Å². The molecule has 4 heterocycles. The van der Waals surface area contributed by atoms with Crippen LogP contribution in [0.15, 0.2) is 48.0 Å². The Morgan fingerprint density at radius 1 is 1.06 bits per heavy atom. The summed E-state index contributed by atoms with van der Waals surface area (Å²) in [6, 6.07) is 12.4. The van der Waals surface area contributed by atoms with E-state index < -0.39 is 0 Å². The molecule has 0 amide bonds. The van der Waals surface area contributed by atoms with Crippen molar-refractivity contribution in [2.45, 2.75) is 39.2 Å². The fourth-order valence-electron chi connectivity index (χ4n) is 3.77. The molecule has 0 aliphatic heterocycles. The molecular weight excluding hydrogens is 448 g/mol. The number of aromatic amines is 2. The number of H-pyrrole nitrogens is 2. The third kappa shape index (κ3) is 4.99. The van der Waals surface area contributed by atoms with Gasteiger partial charge in [-0.05, 0) is 50.4 Å². The zero-order chi connectivity index (χ0) is 23.2. The number of thiophene rings is 1. The van der Waals surface area contributed by atoms with Gasteiger partial charge in [0, 0.05) is 35.4 Å². The molecule has 2 N–H and O–H groups in total. The van der Waals surface area contributed by atoms with Crippen LogP contribution in [0.2, 0.25) is 0 Å². The monoisotopic (exact) mass is 472 g/mol. The first-order valence-electron chi connectivity index (χ1n) is 11.1. The molecule has 11 heteroatoms. The maximum atomic E-state index is 4.77. The minimum Gasteiger partial charge on any atom is -0.324 e. The number of tetrazole rings is 2. The lowest BCUT2D eigenvalue weighted by atomic mass is 10.1. The third-order valence-corrected chi connectivity index (χ3v) is 6.43. The smallest absolute Gasteiger partial charge is 0.179 e. The molecule has 1 aromatic carbocycles. The van der Waals surface area contributed by atoms with E-state index in [4.69, 9.17) is 4.98 Å².